The number of carbonyl (C=O) groups is 1. The van der Waals surface area contributed by atoms with Crippen molar-refractivity contribution in [3.05, 3.63) is 0 Å². The number of ether oxygens (including phenoxy) is 1. The SMILES string of the molecule is COC(C)C(=O)NC1CC(C)CC(C)C1. The largest absolute Gasteiger partial charge is 0.372 e. The van der Waals surface area contributed by atoms with E-state index < -0.39 is 0 Å². The van der Waals surface area contributed by atoms with Crippen molar-refractivity contribution in [3.63, 3.8) is 0 Å². The van der Waals surface area contributed by atoms with Gasteiger partial charge in [0.1, 0.15) is 6.10 Å². The first-order valence-corrected chi connectivity index (χ1v) is 5.86. The van der Waals surface area contributed by atoms with Crippen LogP contribution in [0, 0.1) is 11.8 Å². The Morgan fingerprint density at radius 2 is 1.80 bits per heavy atom. The minimum absolute atomic E-state index is 0.0174. The van der Waals surface area contributed by atoms with Gasteiger partial charge in [0, 0.05) is 13.2 Å². The molecule has 0 bridgehead atoms. The lowest BCUT2D eigenvalue weighted by Gasteiger charge is -2.32. The van der Waals surface area contributed by atoms with Crippen LogP contribution in [0.4, 0.5) is 0 Å². The highest BCUT2D eigenvalue weighted by atomic mass is 16.5. The van der Waals surface area contributed by atoms with Crippen molar-refractivity contribution in [2.45, 2.75) is 52.2 Å². The van der Waals surface area contributed by atoms with Gasteiger partial charge in [-0.05, 0) is 38.0 Å². The maximum atomic E-state index is 11.6. The van der Waals surface area contributed by atoms with E-state index >= 15 is 0 Å². The van der Waals surface area contributed by atoms with Crippen LogP contribution in [0.25, 0.3) is 0 Å². The first-order valence-electron chi connectivity index (χ1n) is 5.86. The molecule has 1 saturated carbocycles. The standard InChI is InChI=1S/C12H23NO2/c1-8-5-9(2)7-11(6-8)13-12(14)10(3)15-4/h8-11H,5-7H2,1-4H3,(H,13,14). The summed E-state index contributed by atoms with van der Waals surface area (Å²) >= 11 is 0. The second-order valence-corrected chi connectivity index (χ2v) is 5.00. The molecule has 0 aromatic carbocycles. The van der Waals surface area contributed by atoms with Crippen molar-refractivity contribution in [1.82, 2.24) is 5.32 Å². The van der Waals surface area contributed by atoms with Crippen LogP contribution in [0.1, 0.15) is 40.0 Å². The number of hydrogen-bond acceptors (Lipinski definition) is 2. The van der Waals surface area contributed by atoms with E-state index in [1.54, 1.807) is 14.0 Å². The van der Waals surface area contributed by atoms with Gasteiger partial charge in [0.15, 0.2) is 0 Å². The fourth-order valence-electron chi connectivity index (χ4n) is 2.49. The Labute approximate surface area is 92.6 Å². The number of methoxy groups -OCH3 is 1. The van der Waals surface area contributed by atoms with Crippen LogP contribution < -0.4 is 5.32 Å². The second kappa shape index (κ2) is 5.50. The van der Waals surface area contributed by atoms with Gasteiger partial charge in [-0.15, -0.1) is 0 Å². The molecule has 1 rings (SSSR count). The van der Waals surface area contributed by atoms with Crippen LogP contribution in [0.5, 0.6) is 0 Å². The molecule has 0 aromatic heterocycles. The van der Waals surface area contributed by atoms with Gasteiger partial charge in [0.05, 0.1) is 0 Å². The Morgan fingerprint density at radius 1 is 1.27 bits per heavy atom. The minimum atomic E-state index is -0.336. The zero-order valence-corrected chi connectivity index (χ0v) is 10.2. The predicted octanol–water partition coefficient (Wildman–Crippen LogP) is 1.96. The first kappa shape index (κ1) is 12.5. The van der Waals surface area contributed by atoms with Crippen LogP contribution in [-0.4, -0.2) is 25.2 Å². The summed E-state index contributed by atoms with van der Waals surface area (Å²) in [7, 11) is 1.57. The Morgan fingerprint density at radius 3 is 2.27 bits per heavy atom. The molecule has 0 aromatic rings. The molecule has 1 N–H and O–H groups in total. The molecule has 0 heterocycles. The van der Waals surface area contributed by atoms with Gasteiger partial charge < -0.3 is 10.1 Å². The van der Waals surface area contributed by atoms with E-state index in [1.807, 2.05) is 0 Å². The lowest BCUT2D eigenvalue weighted by molar-refractivity contribution is -0.131. The maximum absolute atomic E-state index is 11.6. The molecule has 1 amide bonds. The van der Waals surface area contributed by atoms with E-state index in [4.69, 9.17) is 4.74 Å². The molecule has 0 spiro atoms. The molecule has 3 nitrogen and oxygen atoms in total. The fourth-order valence-corrected chi connectivity index (χ4v) is 2.49. The first-order chi connectivity index (χ1) is 7.02. The monoisotopic (exact) mass is 213 g/mol. The third-order valence-electron chi connectivity index (χ3n) is 3.25. The average Bonchev–Trinajstić information content (AvgIpc) is 2.14. The van der Waals surface area contributed by atoms with Crippen LogP contribution in [0.2, 0.25) is 0 Å². The molecule has 3 unspecified atom stereocenters. The smallest absolute Gasteiger partial charge is 0.249 e. The topological polar surface area (TPSA) is 38.3 Å². The number of hydrogen-bond donors (Lipinski definition) is 1. The summed E-state index contributed by atoms with van der Waals surface area (Å²) in [5.41, 5.74) is 0. The molecular weight excluding hydrogens is 190 g/mol. The zero-order chi connectivity index (χ0) is 11.4. The van der Waals surface area contributed by atoms with Crippen molar-refractivity contribution < 1.29 is 9.53 Å². The highest BCUT2D eigenvalue weighted by Crippen LogP contribution is 2.28. The Kier molecular flexibility index (Phi) is 4.58. The van der Waals surface area contributed by atoms with Gasteiger partial charge in [-0.3, -0.25) is 4.79 Å². The summed E-state index contributed by atoms with van der Waals surface area (Å²) < 4.78 is 5.00. The second-order valence-electron chi connectivity index (χ2n) is 5.00. The number of nitrogens with one attached hydrogen (secondary N) is 1. The molecule has 1 aliphatic rings. The molecular formula is C12H23NO2. The molecule has 0 aliphatic heterocycles. The molecule has 1 fully saturated rings. The maximum Gasteiger partial charge on any atom is 0.249 e. The fraction of sp³-hybridized carbons (Fsp3) is 0.917. The number of amides is 1. The van der Waals surface area contributed by atoms with Crippen LogP contribution in [0.3, 0.4) is 0 Å². The molecule has 3 atom stereocenters. The van der Waals surface area contributed by atoms with E-state index in [9.17, 15) is 4.79 Å². The lowest BCUT2D eigenvalue weighted by atomic mass is 9.80. The molecule has 1 aliphatic carbocycles. The summed E-state index contributed by atoms with van der Waals surface area (Å²) in [6, 6.07) is 0.342. The van der Waals surface area contributed by atoms with Crippen molar-refractivity contribution >= 4 is 5.91 Å². The van der Waals surface area contributed by atoms with Crippen molar-refractivity contribution in [2.24, 2.45) is 11.8 Å². The van der Waals surface area contributed by atoms with Gasteiger partial charge in [-0.1, -0.05) is 13.8 Å². The summed E-state index contributed by atoms with van der Waals surface area (Å²) in [5.74, 6) is 1.46. The van der Waals surface area contributed by atoms with E-state index in [1.165, 1.54) is 6.42 Å². The number of carbonyl (C=O) groups excluding carboxylic acids is 1. The molecule has 0 saturated heterocycles. The van der Waals surface area contributed by atoms with Crippen LogP contribution >= 0.6 is 0 Å². The van der Waals surface area contributed by atoms with Crippen molar-refractivity contribution in [2.75, 3.05) is 7.11 Å². The third-order valence-corrected chi connectivity index (χ3v) is 3.25. The van der Waals surface area contributed by atoms with E-state index in [2.05, 4.69) is 19.2 Å². The normalized spacial score (nSPS) is 33.5. The summed E-state index contributed by atoms with van der Waals surface area (Å²) in [4.78, 5) is 11.6. The van der Waals surface area contributed by atoms with E-state index in [0.717, 1.165) is 24.7 Å². The Bertz CT molecular complexity index is 208. The highest BCUT2D eigenvalue weighted by Gasteiger charge is 2.26. The number of rotatable bonds is 3. The van der Waals surface area contributed by atoms with Gasteiger partial charge in [-0.25, -0.2) is 0 Å². The summed E-state index contributed by atoms with van der Waals surface area (Å²) in [5, 5.41) is 3.07. The third kappa shape index (κ3) is 3.82. The van der Waals surface area contributed by atoms with Gasteiger partial charge >= 0.3 is 0 Å². The van der Waals surface area contributed by atoms with Crippen molar-refractivity contribution in [3.8, 4) is 0 Å². The highest BCUT2D eigenvalue weighted by molar-refractivity contribution is 5.80. The minimum Gasteiger partial charge on any atom is -0.372 e. The average molecular weight is 213 g/mol. The van der Waals surface area contributed by atoms with Crippen molar-refractivity contribution in [1.29, 1.82) is 0 Å². The molecule has 3 heteroatoms. The summed E-state index contributed by atoms with van der Waals surface area (Å²) in [6.45, 7) is 6.30. The van der Waals surface area contributed by atoms with E-state index in [0.29, 0.717) is 6.04 Å². The molecule has 15 heavy (non-hydrogen) atoms. The Hall–Kier alpha value is -0.570. The lowest BCUT2D eigenvalue weighted by Crippen LogP contribution is -2.44. The van der Waals surface area contributed by atoms with E-state index in [-0.39, 0.29) is 12.0 Å². The molecule has 88 valence electrons. The predicted molar refractivity (Wildman–Crippen MR) is 60.6 cm³/mol. The summed E-state index contributed by atoms with van der Waals surface area (Å²) in [6.07, 6.45) is 3.16. The van der Waals surface area contributed by atoms with Gasteiger partial charge in [0.25, 0.3) is 0 Å². The van der Waals surface area contributed by atoms with Gasteiger partial charge in [-0.2, -0.15) is 0 Å². The van der Waals surface area contributed by atoms with Crippen LogP contribution in [0.15, 0.2) is 0 Å². The molecule has 0 radical (unpaired) electrons. The zero-order valence-electron chi connectivity index (χ0n) is 10.2. The Balaban J connectivity index is 2.40. The van der Waals surface area contributed by atoms with Gasteiger partial charge in [0.2, 0.25) is 5.91 Å². The quantitative estimate of drug-likeness (QED) is 0.778. The van der Waals surface area contributed by atoms with Crippen LogP contribution in [-0.2, 0) is 9.53 Å².